The van der Waals surface area contributed by atoms with Crippen LogP contribution in [0.5, 0.6) is 0 Å². The van der Waals surface area contributed by atoms with E-state index in [0.717, 1.165) is 5.56 Å². The fourth-order valence-electron chi connectivity index (χ4n) is 3.41. The minimum absolute atomic E-state index is 0.124. The van der Waals surface area contributed by atoms with Gasteiger partial charge in [-0.1, -0.05) is 20.1 Å². The van der Waals surface area contributed by atoms with Gasteiger partial charge < -0.3 is 14.4 Å². The number of hydrogen-bond donors (Lipinski definition) is 1. The highest BCUT2D eigenvalue weighted by molar-refractivity contribution is 5.84. The van der Waals surface area contributed by atoms with E-state index < -0.39 is 11.6 Å². The van der Waals surface area contributed by atoms with Crippen molar-refractivity contribution in [1.82, 2.24) is 9.55 Å². The van der Waals surface area contributed by atoms with Crippen LogP contribution in [0.3, 0.4) is 0 Å². The van der Waals surface area contributed by atoms with Crippen molar-refractivity contribution in [3.8, 4) is 11.4 Å². The van der Waals surface area contributed by atoms with Gasteiger partial charge in [-0.2, -0.15) is 0 Å². The van der Waals surface area contributed by atoms with Crippen molar-refractivity contribution in [2.75, 3.05) is 0 Å². The van der Waals surface area contributed by atoms with Crippen LogP contribution in [0.2, 0.25) is 0 Å². The second-order valence-corrected chi connectivity index (χ2v) is 6.20. The van der Waals surface area contributed by atoms with Gasteiger partial charge in [-0.15, -0.1) is 0 Å². The van der Waals surface area contributed by atoms with Gasteiger partial charge in [0.05, 0.1) is 28.8 Å². The highest BCUT2D eigenvalue weighted by atomic mass is 16.6. The van der Waals surface area contributed by atoms with Gasteiger partial charge in [-0.05, 0) is 23.8 Å². The van der Waals surface area contributed by atoms with E-state index >= 15 is 0 Å². The molecule has 0 aromatic carbocycles. The minimum Gasteiger partial charge on any atom is -0.458 e. The molecule has 0 spiro atoms. The molecule has 0 aliphatic carbocycles. The SMILES string of the molecule is C=c1cc2c(nc1=C)-c1cc3c(c(=O)n1C2)COC(=O)C3(O)CC. The van der Waals surface area contributed by atoms with Crippen molar-refractivity contribution in [1.29, 1.82) is 0 Å². The van der Waals surface area contributed by atoms with Crippen LogP contribution >= 0.6 is 0 Å². The maximum atomic E-state index is 12.9. The summed E-state index contributed by atoms with van der Waals surface area (Å²) < 4.78 is 6.62. The zero-order valence-electron chi connectivity index (χ0n) is 13.3. The first-order chi connectivity index (χ1) is 11.4. The van der Waals surface area contributed by atoms with E-state index in [1.807, 2.05) is 6.07 Å². The molecule has 2 aromatic heterocycles. The number of carbonyl (C=O) groups excluding carboxylic acids is 1. The molecular formula is C18H16N2O4. The third kappa shape index (κ3) is 1.71. The smallest absolute Gasteiger partial charge is 0.343 e. The zero-order chi connectivity index (χ0) is 17.2. The van der Waals surface area contributed by atoms with E-state index in [2.05, 4.69) is 18.1 Å². The normalized spacial score (nSPS) is 21.0. The molecule has 24 heavy (non-hydrogen) atoms. The molecule has 0 amide bonds. The van der Waals surface area contributed by atoms with E-state index in [1.54, 1.807) is 17.6 Å². The van der Waals surface area contributed by atoms with E-state index in [0.29, 0.717) is 39.6 Å². The van der Waals surface area contributed by atoms with Crippen LogP contribution < -0.4 is 16.1 Å². The number of aliphatic hydroxyl groups is 1. The Bertz CT molecular complexity index is 1070. The lowest BCUT2D eigenvalue weighted by atomic mass is 9.86. The van der Waals surface area contributed by atoms with Gasteiger partial charge in [0, 0.05) is 11.1 Å². The first-order valence-electron chi connectivity index (χ1n) is 7.71. The van der Waals surface area contributed by atoms with Gasteiger partial charge in [0.15, 0.2) is 5.60 Å². The van der Waals surface area contributed by atoms with Crippen molar-refractivity contribution in [2.24, 2.45) is 0 Å². The monoisotopic (exact) mass is 324 g/mol. The van der Waals surface area contributed by atoms with Crippen molar-refractivity contribution in [3.63, 3.8) is 0 Å². The fraction of sp³-hybridized carbons (Fsp3) is 0.278. The standard InChI is InChI=1S/C18H16N2O4/c1-4-18(23)13-6-14-15-11(5-9(2)10(3)19-15)7-20(14)16(21)12(13)8-24-17(18)22/h5-6,23H,2-4,7-8H2,1H3. The Morgan fingerprint density at radius 2 is 2.12 bits per heavy atom. The van der Waals surface area contributed by atoms with Crippen molar-refractivity contribution >= 4 is 19.1 Å². The minimum atomic E-state index is -1.80. The largest absolute Gasteiger partial charge is 0.458 e. The molecule has 0 radical (unpaired) electrons. The highest BCUT2D eigenvalue weighted by Crippen LogP contribution is 2.37. The topological polar surface area (TPSA) is 81.4 Å². The van der Waals surface area contributed by atoms with Gasteiger partial charge in [-0.3, -0.25) is 4.79 Å². The van der Waals surface area contributed by atoms with E-state index in [1.165, 1.54) is 0 Å². The number of rotatable bonds is 1. The van der Waals surface area contributed by atoms with Gasteiger partial charge in [0.1, 0.15) is 6.61 Å². The predicted molar refractivity (Wildman–Crippen MR) is 87.3 cm³/mol. The maximum absolute atomic E-state index is 12.9. The van der Waals surface area contributed by atoms with Crippen molar-refractivity contribution < 1.29 is 14.6 Å². The molecule has 4 rings (SSSR count). The summed E-state index contributed by atoms with van der Waals surface area (Å²) in [5.74, 6) is -0.723. The van der Waals surface area contributed by atoms with Crippen LogP contribution in [-0.4, -0.2) is 20.6 Å². The molecule has 4 heterocycles. The molecule has 6 nitrogen and oxygen atoms in total. The summed E-state index contributed by atoms with van der Waals surface area (Å²) >= 11 is 0. The van der Waals surface area contributed by atoms with Crippen molar-refractivity contribution in [2.45, 2.75) is 32.1 Å². The lowest BCUT2D eigenvalue weighted by molar-refractivity contribution is -0.172. The lowest BCUT2D eigenvalue weighted by Gasteiger charge is -2.31. The molecule has 0 fully saturated rings. The predicted octanol–water partition coefficient (Wildman–Crippen LogP) is -0.253. The summed E-state index contributed by atoms with van der Waals surface area (Å²) in [4.78, 5) is 29.4. The first kappa shape index (κ1) is 14.8. The van der Waals surface area contributed by atoms with Crippen LogP contribution in [0.1, 0.15) is 30.0 Å². The molecule has 1 atom stereocenters. The second kappa shape index (κ2) is 4.64. The molecule has 0 saturated heterocycles. The fourth-order valence-corrected chi connectivity index (χ4v) is 3.41. The number of aromatic nitrogens is 2. The van der Waals surface area contributed by atoms with E-state index in [9.17, 15) is 14.7 Å². The molecule has 1 unspecified atom stereocenters. The first-order valence-corrected chi connectivity index (χ1v) is 7.71. The average Bonchev–Trinajstić information content (AvgIpc) is 2.90. The van der Waals surface area contributed by atoms with Gasteiger partial charge in [-0.25, -0.2) is 9.78 Å². The summed E-state index contributed by atoms with van der Waals surface area (Å²) in [5, 5.41) is 12.0. The number of cyclic esters (lactones) is 1. The molecule has 0 saturated carbocycles. The van der Waals surface area contributed by atoms with Crippen molar-refractivity contribution in [3.05, 3.63) is 49.7 Å². The molecular weight excluding hydrogens is 308 g/mol. The van der Waals surface area contributed by atoms with E-state index in [4.69, 9.17) is 4.74 Å². The summed E-state index contributed by atoms with van der Waals surface area (Å²) in [6, 6.07) is 3.55. The summed E-state index contributed by atoms with van der Waals surface area (Å²) in [7, 11) is 0. The Morgan fingerprint density at radius 1 is 1.38 bits per heavy atom. The highest BCUT2D eigenvalue weighted by Gasteiger charge is 2.45. The van der Waals surface area contributed by atoms with Crippen LogP contribution in [0, 0.1) is 0 Å². The molecule has 0 bridgehead atoms. The molecule has 6 heteroatoms. The Kier molecular flexibility index (Phi) is 2.87. The number of carbonyl (C=O) groups is 1. The van der Waals surface area contributed by atoms with Crippen LogP contribution in [0.25, 0.3) is 24.5 Å². The number of nitrogens with zero attached hydrogens (tertiary/aromatic N) is 2. The Labute approximate surface area is 137 Å². The van der Waals surface area contributed by atoms with Crippen LogP contribution in [0.4, 0.5) is 0 Å². The van der Waals surface area contributed by atoms with Gasteiger partial charge in [0.25, 0.3) is 5.56 Å². The van der Waals surface area contributed by atoms with Crippen LogP contribution in [0.15, 0.2) is 16.9 Å². The maximum Gasteiger partial charge on any atom is 0.343 e. The Balaban J connectivity index is 2.06. The zero-order valence-corrected chi connectivity index (χ0v) is 13.3. The number of fused-ring (bicyclic) bond motifs is 4. The number of hydrogen-bond acceptors (Lipinski definition) is 5. The average molecular weight is 324 g/mol. The third-order valence-corrected chi connectivity index (χ3v) is 4.88. The quantitative estimate of drug-likeness (QED) is 0.624. The molecule has 2 aromatic rings. The lowest BCUT2D eigenvalue weighted by Crippen LogP contribution is -2.44. The molecule has 2 aliphatic rings. The Morgan fingerprint density at radius 3 is 2.83 bits per heavy atom. The molecule has 122 valence electrons. The Hall–Kier alpha value is -2.73. The van der Waals surface area contributed by atoms with E-state index in [-0.39, 0.29) is 18.6 Å². The van der Waals surface area contributed by atoms with Gasteiger partial charge in [0.2, 0.25) is 0 Å². The van der Waals surface area contributed by atoms with Crippen LogP contribution in [-0.2, 0) is 28.3 Å². The summed E-state index contributed by atoms with van der Waals surface area (Å²) in [6.07, 6.45) is 0.125. The number of esters is 1. The molecule has 1 N–H and O–H groups in total. The summed E-state index contributed by atoms with van der Waals surface area (Å²) in [5.41, 5.74) is 0.668. The second-order valence-electron chi connectivity index (χ2n) is 6.20. The third-order valence-electron chi connectivity index (χ3n) is 4.88. The van der Waals surface area contributed by atoms with Gasteiger partial charge >= 0.3 is 5.97 Å². The summed E-state index contributed by atoms with van der Waals surface area (Å²) in [6.45, 7) is 9.67. The number of pyridine rings is 2. The number of ether oxygens (including phenoxy) is 1. The molecule has 2 aliphatic heterocycles.